The Balaban J connectivity index is 2.15. The van der Waals surface area contributed by atoms with Crippen molar-refractivity contribution in [2.75, 3.05) is 6.54 Å². The van der Waals surface area contributed by atoms with Crippen LogP contribution in [0.25, 0.3) is 0 Å². The third-order valence-electron chi connectivity index (χ3n) is 3.30. The lowest BCUT2D eigenvalue weighted by molar-refractivity contribution is 0.474. The maximum Gasteiger partial charge on any atom is 0.0602 e. The normalized spacial score (nSPS) is 17.4. The molecule has 0 aliphatic heterocycles. The molecule has 2 heteroatoms. The topological polar surface area (TPSA) is 24.9 Å². The van der Waals surface area contributed by atoms with Crippen LogP contribution in [0.2, 0.25) is 0 Å². The van der Waals surface area contributed by atoms with E-state index >= 15 is 0 Å². The summed E-state index contributed by atoms with van der Waals surface area (Å²) in [6.45, 7) is 7.47. The lowest BCUT2D eigenvalue weighted by Crippen LogP contribution is -2.23. The molecule has 0 radical (unpaired) electrons. The molecule has 0 aromatic carbocycles. The second kappa shape index (κ2) is 4.96. The molecule has 0 spiro atoms. The van der Waals surface area contributed by atoms with Gasteiger partial charge in [0, 0.05) is 12.2 Å². The average Bonchev–Trinajstić information content (AvgIpc) is 3.01. The van der Waals surface area contributed by atoms with E-state index in [1.807, 2.05) is 6.20 Å². The van der Waals surface area contributed by atoms with Crippen LogP contribution in [0, 0.1) is 19.8 Å². The summed E-state index contributed by atoms with van der Waals surface area (Å²) < 4.78 is 0. The van der Waals surface area contributed by atoms with Crippen molar-refractivity contribution in [3.8, 4) is 0 Å². The van der Waals surface area contributed by atoms with Crippen LogP contribution >= 0.6 is 0 Å². The molecular formula is C14H22N2. The molecule has 1 aliphatic carbocycles. The van der Waals surface area contributed by atoms with Crippen molar-refractivity contribution in [2.24, 2.45) is 5.92 Å². The lowest BCUT2D eigenvalue weighted by Gasteiger charge is -2.19. The van der Waals surface area contributed by atoms with Crippen LogP contribution in [0.5, 0.6) is 0 Å². The molecule has 88 valence electrons. The van der Waals surface area contributed by atoms with Gasteiger partial charge in [-0.25, -0.2) is 0 Å². The molecule has 1 N–H and O–H groups in total. The number of rotatable bonds is 5. The summed E-state index contributed by atoms with van der Waals surface area (Å²) in [6, 6.07) is 2.69. The highest BCUT2D eigenvalue weighted by molar-refractivity contribution is 5.25. The Bertz CT molecular complexity index is 356. The molecule has 1 aromatic heterocycles. The molecule has 1 atom stereocenters. The monoisotopic (exact) mass is 218 g/mol. The van der Waals surface area contributed by atoms with Gasteiger partial charge in [-0.3, -0.25) is 4.98 Å². The SMILES string of the molecule is CCNC(CC1CC1)c1ncc(C)cc1C. The van der Waals surface area contributed by atoms with Crippen LogP contribution in [0.4, 0.5) is 0 Å². The predicted octanol–water partition coefficient (Wildman–Crippen LogP) is 3.15. The Labute approximate surface area is 98.5 Å². The van der Waals surface area contributed by atoms with Crippen molar-refractivity contribution < 1.29 is 0 Å². The molecule has 2 rings (SSSR count). The number of pyridine rings is 1. The Hall–Kier alpha value is -0.890. The maximum atomic E-state index is 4.62. The smallest absolute Gasteiger partial charge is 0.0602 e. The van der Waals surface area contributed by atoms with Crippen LogP contribution in [-0.2, 0) is 0 Å². The minimum atomic E-state index is 0.457. The van der Waals surface area contributed by atoms with Crippen molar-refractivity contribution in [3.63, 3.8) is 0 Å². The average molecular weight is 218 g/mol. The first-order chi connectivity index (χ1) is 7.70. The number of nitrogens with one attached hydrogen (secondary N) is 1. The van der Waals surface area contributed by atoms with Crippen molar-refractivity contribution in [3.05, 3.63) is 29.1 Å². The van der Waals surface area contributed by atoms with Crippen LogP contribution < -0.4 is 5.32 Å². The summed E-state index contributed by atoms with van der Waals surface area (Å²) in [5, 5.41) is 3.57. The van der Waals surface area contributed by atoms with E-state index in [4.69, 9.17) is 0 Å². The summed E-state index contributed by atoms with van der Waals surface area (Å²) in [5.74, 6) is 0.937. The molecule has 1 saturated carbocycles. The van der Waals surface area contributed by atoms with Gasteiger partial charge in [0.1, 0.15) is 0 Å². The van der Waals surface area contributed by atoms with Gasteiger partial charge < -0.3 is 5.32 Å². The summed E-state index contributed by atoms with van der Waals surface area (Å²) in [5.41, 5.74) is 3.83. The van der Waals surface area contributed by atoms with E-state index in [0.717, 1.165) is 12.5 Å². The zero-order valence-electron chi connectivity index (χ0n) is 10.6. The molecule has 0 saturated heterocycles. The minimum absolute atomic E-state index is 0.457. The standard InChI is InChI=1S/C14H22N2/c1-4-15-13(8-12-5-6-12)14-11(3)7-10(2)9-16-14/h7,9,12-13,15H,4-6,8H2,1-3H3. The van der Waals surface area contributed by atoms with Crippen LogP contribution in [0.1, 0.15) is 49.0 Å². The molecule has 2 nitrogen and oxygen atoms in total. The van der Waals surface area contributed by atoms with Gasteiger partial charge in [0.25, 0.3) is 0 Å². The molecule has 1 heterocycles. The first-order valence-electron chi connectivity index (χ1n) is 6.37. The van der Waals surface area contributed by atoms with E-state index in [-0.39, 0.29) is 0 Å². The zero-order chi connectivity index (χ0) is 11.5. The fraction of sp³-hybridized carbons (Fsp3) is 0.643. The van der Waals surface area contributed by atoms with E-state index in [0.29, 0.717) is 6.04 Å². The minimum Gasteiger partial charge on any atom is -0.309 e. The Morgan fingerprint density at radius 3 is 2.75 bits per heavy atom. The summed E-state index contributed by atoms with van der Waals surface area (Å²) in [6.07, 6.45) is 6.06. The third-order valence-corrected chi connectivity index (χ3v) is 3.30. The zero-order valence-corrected chi connectivity index (χ0v) is 10.6. The second-order valence-corrected chi connectivity index (χ2v) is 5.00. The molecule has 1 aliphatic rings. The largest absolute Gasteiger partial charge is 0.309 e. The Kier molecular flexibility index (Phi) is 3.59. The highest BCUT2D eigenvalue weighted by atomic mass is 14.9. The Morgan fingerprint density at radius 2 is 2.19 bits per heavy atom. The Morgan fingerprint density at radius 1 is 1.44 bits per heavy atom. The quantitative estimate of drug-likeness (QED) is 0.821. The van der Waals surface area contributed by atoms with E-state index in [9.17, 15) is 0 Å². The molecule has 0 bridgehead atoms. The molecule has 16 heavy (non-hydrogen) atoms. The van der Waals surface area contributed by atoms with Gasteiger partial charge in [0.05, 0.1) is 5.69 Å². The van der Waals surface area contributed by atoms with Gasteiger partial charge in [-0.1, -0.05) is 25.8 Å². The lowest BCUT2D eigenvalue weighted by atomic mass is 10.0. The van der Waals surface area contributed by atoms with E-state index in [1.165, 1.54) is 36.1 Å². The van der Waals surface area contributed by atoms with Gasteiger partial charge in [0.2, 0.25) is 0 Å². The van der Waals surface area contributed by atoms with Gasteiger partial charge in [0.15, 0.2) is 0 Å². The van der Waals surface area contributed by atoms with Crippen molar-refractivity contribution >= 4 is 0 Å². The highest BCUT2D eigenvalue weighted by Crippen LogP contribution is 2.37. The highest BCUT2D eigenvalue weighted by Gasteiger charge is 2.27. The number of aromatic nitrogens is 1. The number of aryl methyl sites for hydroxylation is 2. The molecule has 1 unspecified atom stereocenters. The predicted molar refractivity (Wildman–Crippen MR) is 67.5 cm³/mol. The van der Waals surface area contributed by atoms with E-state index in [1.54, 1.807) is 0 Å². The summed E-state index contributed by atoms with van der Waals surface area (Å²) >= 11 is 0. The number of hydrogen-bond donors (Lipinski definition) is 1. The second-order valence-electron chi connectivity index (χ2n) is 5.00. The van der Waals surface area contributed by atoms with Crippen molar-refractivity contribution in [1.29, 1.82) is 0 Å². The molecule has 0 amide bonds. The molecule has 1 aromatic rings. The van der Waals surface area contributed by atoms with Crippen molar-refractivity contribution in [2.45, 2.75) is 46.1 Å². The number of hydrogen-bond acceptors (Lipinski definition) is 2. The maximum absolute atomic E-state index is 4.62. The van der Waals surface area contributed by atoms with Gasteiger partial charge in [-0.2, -0.15) is 0 Å². The number of nitrogens with zero attached hydrogens (tertiary/aromatic N) is 1. The van der Waals surface area contributed by atoms with Crippen LogP contribution in [0.3, 0.4) is 0 Å². The van der Waals surface area contributed by atoms with E-state index < -0.39 is 0 Å². The fourth-order valence-corrected chi connectivity index (χ4v) is 2.32. The fourth-order valence-electron chi connectivity index (χ4n) is 2.32. The van der Waals surface area contributed by atoms with Crippen LogP contribution in [0.15, 0.2) is 12.3 Å². The summed E-state index contributed by atoms with van der Waals surface area (Å²) in [4.78, 5) is 4.62. The van der Waals surface area contributed by atoms with Gasteiger partial charge in [-0.15, -0.1) is 0 Å². The first-order valence-corrected chi connectivity index (χ1v) is 6.37. The van der Waals surface area contributed by atoms with Crippen molar-refractivity contribution in [1.82, 2.24) is 10.3 Å². The molecule has 1 fully saturated rings. The first kappa shape index (κ1) is 11.6. The third kappa shape index (κ3) is 2.82. The van der Waals surface area contributed by atoms with E-state index in [2.05, 4.69) is 37.1 Å². The summed E-state index contributed by atoms with van der Waals surface area (Å²) in [7, 11) is 0. The van der Waals surface area contributed by atoms with Gasteiger partial charge in [-0.05, 0) is 43.9 Å². The van der Waals surface area contributed by atoms with Crippen LogP contribution in [-0.4, -0.2) is 11.5 Å². The van der Waals surface area contributed by atoms with Gasteiger partial charge >= 0.3 is 0 Å². The molecular weight excluding hydrogens is 196 g/mol.